The van der Waals surface area contributed by atoms with Crippen LogP contribution in [-0.4, -0.2) is 26.2 Å². The molecule has 86 valence electrons. The Kier molecular flexibility index (Phi) is 3.10. The highest BCUT2D eigenvalue weighted by Gasteiger charge is 2.26. The van der Waals surface area contributed by atoms with Gasteiger partial charge in [-0.1, -0.05) is 24.3 Å². The third-order valence-corrected chi connectivity index (χ3v) is 4.85. The summed E-state index contributed by atoms with van der Waals surface area (Å²) in [6.45, 7) is 0. The van der Waals surface area contributed by atoms with Gasteiger partial charge in [0.05, 0.1) is 11.5 Å². The maximum absolute atomic E-state index is 11.5. The van der Waals surface area contributed by atoms with Crippen LogP contribution < -0.4 is 0 Å². The monoisotopic (exact) mass is 238 g/mol. The number of carbonyl (C=O) groups is 1. The van der Waals surface area contributed by atoms with Crippen molar-refractivity contribution in [3.05, 3.63) is 35.4 Å². The second kappa shape index (κ2) is 4.37. The summed E-state index contributed by atoms with van der Waals surface area (Å²) in [5.74, 6) is 0.449. The molecular formula is C12H14O3S. The number of hydrogen-bond donors (Lipinski definition) is 0. The Balaban J connectivity index is 2.33. The topological polar surface area (TPSA) is 51.2 Å². The second-order valence-corrected chi connectivity index (χ2v) is 6.43. The van der Waals surface area contributed by atoms with E-state index in [2.05, 4.69) is 0 Å². The van der Waals surface area contributed by atoms with E-state index in [9.17, 15) is 13.2 Å². The zero-order chi connectivity index (χ0) is 11.6. The van der Waals surface area contributed by atoms with Gasteiger partial charge in [0, 0.05) is 5.56 Å². The van der Waals surface area contributed by atoms with Crippen LogP contribution in [0.4, 0.5) is 0 Å². The zero-order valence-electron chi connectivity index (χ0n) is 8.93. The molecule has 0 N–H and O–H groups in total. The molecule has 1 saturated heterocycles. The molecule has 1 aliphatic rings. The number of hydrogen-bond acceptors (Lipinski definition) is 3. The standard InChI is InChI=1S/C12H14O3S/c13-8-10-4-1-2-6-12(10)11-5-3-7-16(14,15)9-11/h1-2,4,6,8,11H,3,5,7,9H2. The van der Waals surface area contributed by atoms with Gasteiger partial charge in [-0.25, -0.2) is 8.42 Å². The smallest absolute Gasteiger partial charge is 0.150 e. The van der Waals surface area contributed by atoms with Crippen molar-refractivity contribution in [1.82, 2.24) is 0 Å². The predicted molar refractivity (Wildman–Crippen MR) is 62.5 cm³/mol. The fourth-order valence-electron chi connectivity index (χ4n) is 2.26. The van der Waals surface area contributed by atoms with E-state index in [-0.39, 0.29) is 17.4 Å². The molecule has 1 unspecified atom stereocenters. The first kappa shape index (κ1) is 11.3. The van der Waals surface area contributed by atoms with Crippen LogP contribution in [0.2, 0.25) is 0 Å². The van der Waals surface area contributed by atoms with E-state index in [1.54, 1.807) is 12.1 Å². The summed E-state index contributed by atoms with van der Waals surface area (Å²) in [7, 11) is -2.92. The second-order valence-electron chi connectivity index (χ2n) is 4.20. The largest absolute Gasteiger partial charge is 0.298 e. The summed E-state index contributed by atoms with van der Waals surface area (Å²) in [4.78, 5) is 10.9. The zero-order valence-corrected chi connectivity index (χ0v) is 9.74. The van der Waals surface area contributed by atoms with Crippen molar-refractivity contribution in [2.45, 2.75) is 18.8 Å². The lowest BCUT2D eigenvalue weighted by Gasteiger charge is -2.23. The lowest BCUT2D eigenvalue weighted by atomic mass is 9.92. The summed E-state index contributed by atoms with van der Waals surface area (Å²) in [5, 5.41) is 0. The van der Waals surface area contributed by atoms with Crippen molar-refractivity contribution in [3.8, 4) is 0 Å². The normalized spacial score (nSPS) is 23.9. The van der Waals surface area contributed by atoms with Crippen LogP contribution in [0.1, 0.15) is 34.7 Å². The maximum Gasteiger partial charge on any atom is 0.150 e. The average molecular weight is 238 g/mol. The molecule has 1 fully saturated rings. The molecule has 1 aromatic rings. The van der Waals surface area contributed by atoms with Crippen molar-refractivity contribution in [2.75, 3.05) is 11.5 Å². The molecule has 3 nitrogen and oxygen atoms in total. The van der Waals surface area contributed by atoms with Crippen molar-refractivity contribution >= 4 is 16.1 Å². The Morgan fingerprint density at radius 3 is 2.69 bits per heavy atom. The molecule has 1 heterocycles. The molecule has 16 heavy (non-hydrogen) atoms. The number of benzene rings is 1. The van der Waals surface area contributed by atoms with Gasteiger partial charge in [0.15, 0.2) is 9.84 Å². The van der Waals surface area contributed by atoms with Gasteiger partial charge < -0.3 is 0 Å². The van der Waals surface area contributed by atoms with Crippen molar-refractivity contribution < 1.29 is 13.2 Å². The van der Waals surface area contributed by atoms with Gasteiger partial charge in [-0.2, -0.15) is 0 Å². The molecule has 0 spiro atoms. The van der Waals surface area contributed by atoms with E-state index in [0.29, 0.717) is 12.0 Å². The Morgan fingerprint density at radius 2 is 2.00 bits per heavy atom. The number of carbonyl (C=O) groups excluding carboxylic acids is 1. The molecule has 0 bridgehead atoms. The minimum atomic E-state index is -2.92. The minimum absolute atomic E-state index is 0.0138. The first-order valence-corrected chi connectivity index (χ1v) is 7.19. The number of rotatable bonds is 2. The van der Waals surface area contributed by atoms with E-state index >= 15 is 0 Å². The van der Waals surface area contributed by atoms with E-state index in [0.717, 1.165) is 18.3 Å². The van der Waals surface area contributed by atoms with Crippen LogP contribution in [0.25, 0.3) is 0 Å². The van der Waals surface area contributed by atoms with Crippen LogP contribution in [0.5, 0.6) is 0 Å². The van der Waals surface area contributed by atoms with Crippen LogP contribution in [0.3, 0.4) is 0 Å². The molecule has 1 aliphatic heterocycles. The highest BCUT2D eigenvalue weighted by Crippen LogP contribution is 2.29. The molecular weight excluding hydrogens is 224 g/mol. The Hall–Kier alpha value is -1.16. The van der Waals surface area contributed by atoms with Gasteiger partial charge in [-0.15, -0.1) is 0 Å². The molecule has 0 aliphatic carbocycles. The van der Waals surface area contributed by atoms with E-state index in [1.807, 2.05) is 12.1 Å². The summed E-state index contributed by atoms with van der Waals surface area (Å²) in [6.07, 6.45) is 2.35. The molecule has 1 atom stereocenters. The molecule has 0 saturated carbocycles. The van der Waals surface area contributed by atoms with Gasteiger partial charge in [0.25, 0.3) is 0 Å². The van der Waals surface area contributed by atoms with Crippen LogP contribution >= 0.6 is 0 Å². The highest BCUT2D eigenvalue weighted by molar-refractivity contribution is 7.91. The van der Waals surface area contributed by atoms with Gasteiger partial charge in [-0.05, 0) is 24.3 Å². The molecule has 0 amide bonds. The Labute approximate surface area is 95.4 Å². The molecule has 1 aromatic carbocycles. The van der Waals surface area contributed by atoms with E-state index in [1.165, 1.54) is 0 Å². The average Bonchev–Trinajstić information content (AvgIpc) is 2.27. The molecule has 4 heteroatoms. The van der Waals surface area contributed by atoms with Gasteiger partial charge >= 0.3 is 0 Å². The predicted octanol–water partition coefficient (Wildman–Crippen LogP) is 1.79. The summed E-state index contributed by atoms with van der Waals surface area (Å²) < 4.78 is 23.1. The maximum atomic E-state index is 11.5. The molecule has 0 radical (unpaired) electrons. The fraction of sp³-hybridized carbons (Fsp3) is 0.417. The number of sulfone groups is 1. The van der Waals surface area contributed by atoms with E-state index in [4.69, 9.17) is 0 Å². The third-order valence-electron chi connectivity index (χ3n) is 3.03. The molecule has 0 aromatic heterocycles. The molecule has 2 rings (SSSR count). The lowest BCUT2D eigenvalue weighted by Crippen LogP contribution is -2.24. The fourth-order valence-corrected chi connectivity index (χ4v) is 3.99. The van der Waals surface area contributed by atoms with Crippen LogP contribution in [0.15, 0.2) is 24.3 Å². The summed E-state index contributed by atoms with van der Waals surface area (Å²) in [6, 6.07) is 7.24. The lowest BCUT2D eigenvalue weighted by molar-refractivity contribution is 0.112. The van der Waals surface area contributed by atoms with Crippen LogP contribution in [0, 0.1) is 0 Å². The summed E-state index contributed by atoms with van der Waals surface area (Å²) in [5.41, 5.74) is 1.49. The first-order chi connectivity index (χ1) is 7.62. The Morgan fingerprint density at radius 1 is 1.25 bits per heavy atom. The highest BCUT2D eigenvalue weighted by atomic mass is 32.2. The van der Waals surface area contributed by atoms with E-state index < -0.39 is 9.84 Å². The summed E-state index contributed by atoms with van der Waals surface area (Å²) >= 11 is 0. The van der Waals surface area contributed by atoms with Crippen molar-refractivity contribution in [2.24, 2.45) is 0 Å². The number of aldehydes is 1. The Bertz CT molecular complexity index is 491. The van der Waals surface area contributed by atoms with Crippen molar-refractivity contribution in [1.29, 1.82) is 0 Å². The third kappa shape index (κ3) is 2.32. The van der Waals surface area contributed by atoms with Crippen LogP contribution in [-0.2, 0) is 9.84 Å². The quantitative estimate of drug-likeness (QED) is 0.738. The van der Waals surface area contributed by atoms with Gasteiger partial charge in [-0.3, -0.25) is 4.79 Å². The minimum Gasteiger partial charge on any atom is -0.298 e. The van der Waals surface area contributed by atoms with Gasteiger partial charge in [0.1, 0.15) is 6.29 Å². The van der Waals surface area contributed by atoms with Gasteiger partial charge in [0.2, 0.25) is 0 Å². The van der Waals surface area contributed by atoms with Crippen molar-refractivity contribution in [3.63, 3.8) is 0 Å². The SMILES string of the molecule is O=Cc1ccccc1C1CCCS(=O)(=O)C1. The first-order valence-electron chi connectivity index (χ1n) is 5.37.